The van der Waals surface area contributed by atoms with Crippen LogP contribution in [0.25, 0.3) is 22.6 Å². The molecule has 1 fully saturated rings. The van der Waals surface area contributed by atoms with E-state index in [2.05, 4.69) is 20.3 Å². The molecule has 1 saturated heterocycles. The highest BCUT2D eigenvalue weighted by Crippen LogP contribution is 2.35. The van der Waals surface area contributed by atoms with Gasteiger partial charge in [0.15, 0.2) is 5.82 Å². The van der Waals surface area contributed by atoms with Gasteiger partial charge in [0.25, 0.3) is 0 Å². The predicted molar refractivity (Wildman–Crippen MR) is 112 cm³/mol. The normalized spacial score (nSPS) is 21.2. The second-order valence-corrected chi connectivity index (χ2v) is 7.74. The maximum absolute atomic E-state index is 13.5. The Morgan fingerprint density at radius 1 is 1.23 bits per heavy atom. The summed E-state index contributed by atoms with van der Waals surface area (Å²) in [6, 6.07) is 7.80. The highest BCUT2D eigenvalue weighted by molar-refractivity contribution is 5.77. The molecule has 0 aliphatic carbocycles. The van der Waals surface area contributed by atoms with Crippen LogP contribution in [0.3, 0.4) is 0 Å². The van der Waals surface area contributed by atoms with Gasteiger partial charge in [0.05, 0.1) is 36.9 Å². The van der Waals surface area contributed by atoms with E-state index in [9.17, 15) is 4.39 Å². The summed E-state index contributed by atoms with van der Waals surface area (Å²) in [7, 11) is 0. The van der Waals surface area contributed by atoms with Gasteiger partial charge >= 0.3 is 0 Å². The zero-order valence-corrected chi connectivity index (χ0v) is 17.1. The summed E-state index contributed by atoms with van der Waals surface area (Å²) >= 11 is 0. The lowest BCUT2D eigenvalue weighted by Crippen LogP contribution is -2.42. The summed E-state index contributed by atoms with van der Waals surface area (Å²) in [6.07, 6.45) is 0.929. The number of hydrogen-bond acceptors (Lipinski definition) is 8. The largest absolute Gasteiger partial charge is 0.395 e. The van der Waals surface area contributed by atoms with Gasteiger partial charge in [-0.05, 0) is 30.3 Å². The number of benzene rings is 1. The molecule has 9 nitrogen and oxygen atoms in total. The van der Waals surface area contributed by atoms with Crippen molar-refractivity contribution in [2.75, 3.05) is 38.2 Å². The van der Waals surface area contributed by atoms with Crippen molar-refractivity contribution in [3.8, 4) is 22.6 Å². The zero-order valence-electron chi connectivity index (χ0n) is 17.1. The number of aromatic nitrogens is 4. The predicted octanol–water partition coefficient (Wildman–Crippen LogP) is 2.09. The number of aliphatic hydroxyl groups excluding tert-OH is 1. The summed E-state index contributed by atoms with van der Waals surface area (Å²) in [5, 5.41) is 12.0. The molecule has 1 aromatic carbocycles. The minimum absolute atomic E-state index is 0.0410. The van der Waals surface area contributed by atoms with Gasteiger partial charge in [0.1, 0.15) is 5.82 Å². The van der Waals surface area contributed by atoms with Crippen molar-refractivity contribution in [1.82, 2.24) is 19.9 Å². The second kappa shape index (κ2) is 9.06. The first kappa shape index (κ1) is 21.3. The fourth-order valence-corrected chi connectivity index (χ4v) is 3.18. The maximum atomic E-state index is 13.5. The number of ether oxygens (including phenoxy) is 2. The number of anilines is 1. The number of aromatic amines is 1. The summed E-state index contributed by atoms with van der Waals surface area (Å²) < 4.78 is 25.2. The molecule has 4 rings (SSSR count). The number of H-pyrrole nitrogens is 1. The average molecular weight is 428 g/mol. The van der Waals surface area contributed by atoms with Crippen LogP contribution in [-0.4, -0.2) is 58.0 Å². The monoisotopic (exact) mass is 428 g/mol. The molecule has 0 bridgehead atoms. The molecule has 10 heteroatoms. The van der Waals surface area contributed by atoms with E-state index in [-0.39, 0.29) is 17.8 Å². The molecule has 0 radical (unpaired) electrons. The third kappa shape index (κ3) is 4.72. The van der Waals surface area contributed by atoms with E-state index in [4.69, 9.17) is 25.3 Å². The van der Waals surface area contributed by atoms with Gasteiger partial charge < -0.3 is 30.6 Å². The van der Waals surface area contributed by atoms with Crippen LogP contribution in [0.2, 0.25) is 0 Å². The number of nitrogens with two attached hydrogens (primary N) is 1. The number of halogens is 1. The van der Waals surface area contributed by atoms with Crippen molar-refractivity contribution < 1.29 is 19.0 Å². The van der Waals surface area contributed by atoms with Crippen LogP contribution < -0.4 is 11.1 Å². The van der Waals surface area contributed by atoms with Crippen LogP contribution in [0.4, 0.5) is 10.3 Å². The van der Waals surface area contributed by atoms with Crippen LogP contribution in [0.1, 0.15) is 19.0 Å². The number of hydrogen-bond donors (Lipinski definition) is 4. The molecule has 31 heavy (non-hydrogen) atoms. The Balaban J connectivity index is 1.71. The van der Waals surface area contributed by atoms with Gasteiger partial charge in [-0.2, -0.15) is 0 Å². The Bertz CT molecular complexity index is 1020. The van der Waals surface area contributed by atoms with Gasteiger partial charge in [-0.15, -0.1) is 0 Å². The van der Waals surface area contributed by atoms with Crippen molar-refractivity contribution in [2.24, 2.45) is 11.1 Å². The highest BCUT2D eigenvalue weighted by Gasteiger charge is 2.34. The quantitative estimate of drug-likeness (QED) is 0.450. The van der Waals surface area contributed by atoms with E-state index in [0.29, 0.717) is 60.7 Å². The first-order valence-electron chi connectivity index (χ1n) is 9.98. The summed E-state index contributed by atoms with van der Waals surface area (Å²) in [5.74, 6) is 0.520. The average Bonchev–Trinajstić information content (AvgIpc) is 3.24. The van der Waals surface area contributed by atoms with Crippen molar-refractivity contribution in [3.63, 3.8) is 0 Å². The third-order valence-corrected chi connectivity index (χ3v) is 5.03. The fraction of sp³-hybridized carbons (Fsp3) is 0.381. The van der Waals surface area contributed by atoms with Gasteiger partial charge in [0.2, 0.25) is 12.2 Å². The molecule has 0 saturated carbocycles. The van der Waals surface area contributed by atoms with Crippen molar-refractivity contribution in [1.29, 1.82) is 0 Å². The van der Waals surface area contributed by atoms with Crippen molar-refractivity contribution >= 4 is 5.95 Å². The highest BCUT2D eigenvalue weighted by atomic mass is 19.1. The number of nitrogens with zero attached hydrogens (tertiary/aromatic N) is 3. The van der Waals surface area contributed by atoms with E-state index in [1.807, 2.05) is 6.92 Å². The Kier molecular flexibility index (Phi) is 6.23. The number of imidazole rings is 1. The standard InChI is InChI=1S/C21H25FN6O3/c1-21(10-23)11-30-19(31-12-21)18-27-16(13-2-4-14(22)5-3-13)17(28-18)15-6-7-24-20(26-15)25-8-9-29/h2-7,19,29H,8-12,23H2,1H3,(H,27,28)(H,24,25,26). The first-order chi connectivity index (χ1) is 15.0. The molecule has 0 amide bonds. The van der Waals surface area contributed by atoms with E-state index < -0.39 is 6.29 Å². The van der Waals surface area contributed by atoms with Gasteiger partial charge in [-0.25, -0.2) is 19.3 Å². The molecule has 5 N–H and O–H groups in total. The summed E-state index contributed by atoms with van der Waals surface area (Å²) in [5.41, 5.74) is 8.07. The molecule has 1 aliphatic rings. The van der Waals surface area contributed by atoms with Crippen LogP contribution >= 0.6 is 0 Å². The molecule has 164 valence electrons. The van der Waals surface area contributed by atoms with Gasteiger partial charge in [-0.3, -0.25) is 0 Å². The molecule has 1 aliphatic heterocycles. The molecule has 3 heterocycles. The Hall–Kier alpha value is -2.92. The van der Waals surface area contributed by atoms with E-state index >= 15 is 0 Å². The maximum Gasteiger partial charge on any atom is 0.223 e. The number of nitrogens with one attached hydrogen (secondary N) is 2. The minimum atomic E-state index is -0.679. The SMILES string of the molecule is CC1(CN)COC(c2nc(-c3ccc(F)cc3)c(-c3ccnc(NCCO)n3)[nH]2)OC1. The van der Waals surface area contributed by atoms with E-state index in [0.717, 1.165) is 0 Å². The third-order valence-electron chi connectivity index (χ3n) is 5.03. The molecule has 3 aromatic rings. The van der Waals surface area contributed by atoms with Crippen LogP contribution in [0, 0.1) is 11.2 Å². The minimum Gasteiger partial charge on any atom is -0.395 e. The first-order valence-corrected chi connectivity index (χ1v) is 9.98. The molecule has 0 atom stereocenters. The summed E-state index contributed by atoms with van der Waals surface area (Å²) in [6.45, 7) is 3.63. The molecule has 0 unspecified atom stereocenters. The molecule has 2 aromatic heterocycles. The number of rotatable bonds is 7. The van der Waals surface area contributed by atoms with Crippen LogP contribution in [0.15, 0.2) is 36.5 Å². The van der Waals surface area contributed by atoms with Crippen molar-refractivity contribution in [3.05, 3.63) is 48.2 Å². The topological polar surface area (TPSA) is 131 Å². The Morgan fingerprint density at radius 3 is 2.65 bits per heavy atom. The lowest BCUT2D eigenvalue weighted by molar-refractivity contribution is -0.231. The molecular formula is C21H25FN6O3. The van der Waals surface area contributed by atoms with E-state index in [1.54, 1.807) is 24.4 Å². The number of aliphatic hydroxyl groups is 1. The zero-order chi connectivity index (χ0) is 21.8. The second-order valence-electron chi connectivity index (χ2n) is 7.74. The van der Waals surface area contributed by atoms with E-state index in [1.165, 1.54) is 12.1 Å². The Labute approximate surface area is 178 Å². The molecular weight excluding hydrogens is 403 g/mol. The smallest absolute Gasteiger partial charge is 0.223 e. The fourth-order valence-electron chi connectivity index (χ4n) is 3.18. The van der Waals surface area contributed by atoms with Crippen LogP contribution in [-0.2, 0) is 9.47 Å². The van der Waals surface area contributed by atoms with Crippen molar-refractivity contribution in [2.45, 2.75) is 13.2 Å². The summed E-state index contributed by atoms with van der Waals surface area (Å²) in [4.78, 5) is 16.6. The van der Waals surface area contributed by atoms with Gasteiger partial charge in [-0.1, -0.05) is 6.92 Å². The lowest BCUT2D eigenvalue weighted by Gasteiger charge is -2.35. The Morgan fingerprint density at radius 2 is 1.97 bits per heavy atom. The van der Waals surface area contributed by atoms with Crippen LogP contribution in [0.5, 0.6) is 0 Å². The molecule has 0 spiro atoms. The van der Waals surface area contributed by atoms with Gasteiger partial charge in [0, 0.05) is 30.3 Å². The lowest BCUT2D eigenvalue weighted by atomic mass is 9.93.